The molecule has 4 rings (SSSR count). The second kappa shape index (κ2) is 9.36. The molecule has 0 radical (unpaired) electrons. The Morgan fingerprint density at radius 3 is 2.90 bits per heavy atom. The molecule has 0 spiro atoms. The second-order valence-corrected chi connectivity index (χ2v) is 8.16. The van der Waals surface area contributed by atoms with Gasteiger partial charge < -0.3 is 9.15 Å². The Morgan fingerprint density at radius 2 is 2.10 bits per heavy atom. The highest BCUT2D eigenvalue weighted by atomic mass is 79.9. The van der Waals surface area contributed by atoms with Crippen LogP contribution in [-0.2, 0) is 13.2 Å². The number of nitrogens with zero attached hydrogens (tertiary/aromatic N) is 3. The number of benzene rings is 2. The Bertz CT molecular complexity index is 1220. The lowest BCUT2D eigenvalue weighted by Gasteiger charge is -2.06. The maximum Gasteiger partial charge on any atom is 0.293 e. The standard InChI is InChI=1S/C22H18BrClN4O3/c1-14-3-2-4-15(9-14)11-28-13-25-22(27-28)26-21(29)20-8-6-17(31-20)12-30-19-7-5-16(23)10-18(19)24/h2-10,13H,11-12H2,1H3,(H,26,27,29). The van der Waals surface area contributed by atoms with Gasteiger partial charge in [-0.25, -0.2) is 9.67 Å². The van der Waals surface area contributed by atoms with Crippen molar-refractivity contribution >= 4 is 39.4 Å². The number of hydrogen-bond donors (Lipinski definition) is 1. The summed E-state index contributed by atoms with van der Waals surface area (Å²) in [5, 5.41) is 7.40. The third-order valence-electron chi connectivity index (χ3n) is 4.34. The number of ether oxygens (including phenoxy) is 1. The third-order valence-corrected chi connectivity index (χ3v) is 5.13. The van der Waals surface area contributed by atoms with Gasteiger partial charge in [-0.15, -0.1) is 5.10 Å². The molecule has 158 valence electrons. The van der Waals surface area contributed by atoms with Gasteiger partial charge in [-0.3, -0.25) is 10.1 Å². The molecule has 0 saturated carbocycles. The summed E-state index contributed by atoms with van der Waals surface area (Å²) in [6, 6.07) is 16.7. The fourth-order valence-corrected chi connectivity index (χ4v) is 3.64. The Labute approximate surface area is 192 Å². The van der Waals surface area contributed by atoms with E-state index >= 15 is 0 Å². The SMILES string of the molecule is Cc1cccc(Cn2cnc(NC(=O)c3ccc(COc4ccc(Br)cc4Cl)o3)n2)c1. The van der Waals surface area contributed by atoms with Crippen molar-refractivity contribution in [3.05, 3.63) is 93.1 Å². The van der Waals surface area contributed by atoms with Crippen LogP contribution in [0.5, 0.6) is 5.75 Å². The van der Waals surface area contributed by atoms with E-state index < -0.39 is 5.91 Å². The Balaban J connectivity index is 1.34. The zero-order valence-corrected chi connectivity index (χ0v) is 18.9. The number of furan rings is 1. The van der Waals surface area contributed by atoms with Gasteiger partial charge in [0.05, 0.1) is 11.6 Å². The maximum absolute atomic E-state index is 12.4. The van der Waals surface area contributed by atoms with E-state index in [1.807, 2.05) is 31.2 Å². The molecule has 0 unspecified atom stereocenters. The first-order chi connectivity index (χ1) is 15.0. The molecule has 0 fully saturated rings. The normalized spacial score (nSPS) is 10.8. The van der Waals surface area contributed by atoms with Crippen molar-refractivity contribution in [1.82, 2.24) is 14.8 Å². The fraction of sp³-hybridized carbons (Fsp3) is 0.136. The largest absolute Gasteiger partial charge is 0.484 e. The first-order valence-corrected chi connectivity index (χ1v) is 10.6. The van der Waals surface area contributed by atoms with Crippen molar-refractivity contribution in [3.8, 4) is 5.75 Å². The van der Waals surface area contributed by atoms with Gasteiger partial charge in [0, 0.05) is 4.47 Å². The summed E-state index contributed by atoms with van der Waals surface area (Å²) in [7, 11) is 0. The lowest BCUT2D eigenvalue weighted by molar-refractivity contribution is 0.0991. The van der Waals surface area contributed by atoms with Crippen molar-refractivity contribution in [1.29, 1.82) is 0 Å². The minimum Gasteiger partial charge on any atom is -0.484 e. The van der Waals surface area contributed by atoms with E-state index in [0.717, 1.165) is 10.0 Å². The molecule has 1 amide bonds. The van der Waals surface area contributed by atoms with Crippen molar-refractivity contribution in [2.24, 2.45) is 0 Å². The van der Waals surface area contributed by atoms with Crippen LogP contribution in [0.3, 0.4) is 0 Å². The quantitative estimate of drug-likeness (QED) is 0.363. The molecule has 2 aromatic heterocycles. The van der Waals surface area contributed by atoms with Gasteiger partial charge in [0.15, 0.2) is 5.76 Å². The van der Waals surface area contributed by atoms with Crippen molar-refractivity contribution in [2.45, 2.75) is 20.1 Å². The number of aromatic nitrogens is 3. The van der Waals surface area contributed by atoms with Crippen molar-refractivity contribution in [3.63, 3.8) is 0 Å². The number of carbonyl (C=O) groups excluding carboxylic acids is 1. The lowest BCUT2D eigenvalue weighted by Crippen LogP contribution is -2.12. The van der Waals surface area contributed by atoms with Gasteiger partial charge in [0.2, 0.25) is 5.95 Å². The van der Waals surface area contributed by atoms with Gasteiger partial charge in [0.25, 0.3) is 5.91 Å². The van der Waals surface area contributed by atoms with E-state index in [-0.39, 0.29) is 18.3 Å². The molecule has 4 aromatic rings. The molecule has 0 atom stereocenters. The molecule has 0 aliphatic carbocycles. The zero-order valence-electron chi connectivity index (χ0n) is 16.5. The summed E-state index contributed by atoms with van der Waals surface area (Å²) in [5.41, 5.74) is 2.27. The van der Waals surface area contributed by atoms with Crippen LogP contribution >= 0.6 is 27.5 Å². The summed E-state index contributed by atoms with van der Waals surface area (Å²) in [4.78, 5) is 16.6. The minimum absolute atomic E-state index is 0.135. The van der Waals surface area contributed by atoms with Gasteiger partial charge >= 0.3 is 0 Å². The van der Waals surface area contributed by atoms with Gasteiger partial charge in [-0.05, 0) is 42.8 Å². The highest BCUT2D eigenvalue weighted by Gasteiger charge is 2.14. The van der Waals surface area contributed by atoms with Crippen LogP contribution in [-0.4, -0.2) is 20.7 Å². The monoisotopic (exact) mass is 500 g/mol. The number of halogens is 2. The van der Waals surface area contributed by atoms with E-state index in [9.17, 15) is 4.79 Å². The molecular weight excluding hydrogens is 484 g/mol. The lowest BCUT2D eigenvalue weighted by atomic mass is 10.1. The van der Waals surface area contributed by atoms with Crippen molar-refractivity contribution < 1.29 is 13.9 Å². The smallest absolute Gasteiger partial charge is 0.293 e. The van der Waals surface area contributed by atoms with Crippen LogP contribution in [0, 0.1) is 6.92 Å². The Hall–Kier alpha value is -3.10. The van der Waals surface area contributed by atoms with Crippen LogP contribution in [0.25, 0.3) is 0 Å². The predicted octanol–water partition coefficient (Wildman–Crippen LogP) is 5.48. The van der Waals surface area contributed by atoms with Crippen LogP contribution in [0.1, 0.15) is 27.4 Å². The van der Waals surface area contributed by atoms with Crippen LogP contribution in [0.2, 0.25) is 5.02 Å². The van der Waals surface area contributed by atoms with Crippen LogP contribution in [0.15, 0.2) is 69.8 Å². The maximum atomic E-state index is 12.4. The van der Waals surface area contributed by atoms with Gasteiger partial charge in [0.1, 0.15) is 24.4 Å². The molecule has 9 heteroatoms. The Morgan fingerprint density at radius 1 is 1.23 bits per heavy atom. The van der Waals surface area contributed by atoms with Crippen LogP contribution in [0.4, 0.5) is 5.95 Å². The summed E-state index contributed by atoms with van der Waals surface area (Å²) in [5.74, 6) is 0.906. The molecule has 1 N–H and O–H groups in total. The third kappa shape index (κ3) is 5.53. The number of aryl methyl sites for hydroxylation is 1. The first kappa shape index (κ1) is 21.1. The highest BCUT2D eigenvalue weighted by Crippen LogP contribution is 2.28. The fourth-order valence-electron chi connectivity index (χ4n) is 2.91. The van der Waals surface area contributed by atoms with E-state index in [2.05, 4.69) is 37.4 Å². The first-order valence-electron chi connectivity index (χ1n) is 9.39. The minimum atomic E-state index is -0.443. The number of amides is 1. The molecule has 0 saturated heterocycles. The average molecular weight is 502 g/mol. The molecular formula is C22H18BrClN4O3. The van der Waals surface area contributed by atoms with Gasteiger partial charge in [-0.1, -0.05) is 57.4 Å². The number of anilines is 1. The molecule has 0 bridgehead atoms. The average Bonchev–Trinajstić information content (AvgIpc) is 3.37. The summed E-state index contributed by atoms with van der Waals surface area (Å²) >= 11 is 9.48. The number of hydrogen-bond acceptors (Lipinski definition) is 5. The summed E-state index contributed by atoms with van der Waals surface area (Å²) < 4.78 is 13.7. The molecule has 2 heterocycles. The van der Waals surface area contributed by atoms with Crippen LogP contribution < -0.4 is 10.1 Å². The van der Waals surface area contributed by atoms with Crippen molar-refractivity contribution in [2.75, 3.05) is 5.32 Å². The highest BCUT2D eigenvalue weighted by molar-refractivity contribution is 9.10. The van der Waals surface area contributed by atoms with E-state index in [1.54, 1.807) is 35.3 Å². The van der Waals surface area contributed by atoms with E-state index in [1.165, 1.54) is 5.56 Å². The number of rotatable bonds is 7. The summed E-state index contributed by atoms with van der Waals surface area (Å²) in [6.07, 6.45) is 1.57. The number of nitrogens with one attached hydrogen (secondary N) is 1. The summed E-state index contributed by atoms with van der Waals surface area (Å²) in [6.45, 7) is 2.73. The molecule has 31 heavy (non-hydrogen) atoms. The van der Waals surface area contributed by atoms with Gasteiger partial charge in [-0.2, -0.15) is 0 Å². The molecule has 0 aliphatic rings. The number of carbonyl (C=O) groups is 1. The Kier molecular flexibility index (Phi) is 6.39. The molecule has 0 aliphatic heterocycles. The predicted molar refractivity (Wildman–Crippen MR) is 120 cm³/mol. The second-order valence-electron chi connectivity index (χ2n) is 6.84. The zero-order chi connectivity index (χ0) is 21.8. The molecule has 2 aromatic carbocycles. The molecule has 7 nitrogen and oxygen atoms in total. The van der Waals surface area contributed by atoms with E-state index in [0.29, 0.717) is 23.1 Å². The topological polar surface area (TPSA) is 82.2 Å². The van der Waals surface area contributed by atoms with E-state index in [4.69, 9.17) is 20.8 Å².